The summed E-state index contributed by atoms with van der Waals surface area (Å²) in [6.07, 6.45) is 4.04. The molecule has 0 saturated carbocycles. The van der Waals surface area contributed by atoms with Crippen LogP contribution in [0.25, 0.3) is 0 Å². The van der Waals surface area contributed by atoms with Crippen molar-refractivity contribution in [2.45, 2.75) is 31.7 Å². The number of carbonyl (C=O) groups is 1. The first-order chi connectivity index (χ1) is 9.13. The number of fused-ring (bicyclic) bond motifs is 1. The molecule has 1 aliphatic carbocycles. The summed E-state index contributed by atoms with van der Waals surface area (Å²) in [4.78, 5) is 18.2. The molecule has 1 saturated heterocycles. The quantitative estimate of drug-likeness (QED) is 0.860. The van der Waals surface area contributed by atoms with Crippen LogP contribution in [-0.4, -0.2) is 47.1 Å². The van der Waals surface area contributed by atoms with E-state index in [1.54, 1.807) is 6.07 Å². The number of carboxylic acid groups (broad SMARTS) is 1. The molecule has 3 rings (SSSR count). The average Bonchev–Trinajstić information content (AvgIpc) is 2.96. The van der Waals surface area contributed by atoms with Gasteiger partial charge in [0, 0.05) is 18.3 Å². The van der Waals surface area contributed by atoms with Crippen molar-refractivity contribution < 1.29 is 9.90 Å². The van der Waals surface area contributed by atoms with Crippen LogP contribution in [-0.2, 0) is 12.8 Å². The molecule has 1 aromatic heterocycles. The molecule has 0 amide bonds. The number of likely N-dealkylation sites (tertiary alicyclic amines) is 1. The maximum Gasteiger partial charge on any atom is 0.339 e. The molecule has 2 heterocycles. The number of aryl methyl sites for hydroxylation is 2. The Morgan fingerprint density at radius 1 is 1.53 bits per heavy atom. The van der Waals surface area contributed by atoms with Crippen LogP contribution in [0.3, 0.4) is 0 Å². The third kappa shape index (κ3) is 2.42. The van der Waals surface area contributed by atoms with Crippen molar-refractivity contribution in [1.82, 2.24) is 9.88 Å². The number of anilines is 1. The number of aromatic carboxylic acids is 1. The topological polar surface area (TPSA) is 65.5 Å². The van der Waals surface area contributed by atoms with Crippen LogP contribution in [0.2, 0.25) is 0 Å². The fraction of sp³-hybridized carbons (Fsp3) is 0.571. The van der Waals surface area contributed by atoms with Crippen LogP contribution in [0.15, 0.2) is 6.07 Å². The lowest BCUT2D eigenvalue weighted by Crippen LogP contribution is -2.25. The number of carboxylic acids is 1. The van der Waals surface area contributed by atoms with Gasteiger partial charge in [0.2, 0.25) is 0 Å². The van der Waals surface area contributed by atoms with Crippen molar-refractivity contribution in [3.63, 3.8) is 0 Å². The van der Waals surface area contributed by atoms with Gasteiger partial charge in [-0.3, -0.25) is 0 Å². The summed E-state index contributed by atoms with van der Waals surface area (Å²) in [5.41, 5.74) is 2.49. The van der Waals surface area contributed by atoms with E-state index >= 15 is 0 Å². The predicted octanol–water partition coefficient (Wildman–Crippen LogP) is 1.38. The molecule has 0 bridgehead atoms. The molecule has 1 unspecified atom stereocenters. The van der Waals surface area contributed by atoms with Gasteiger partial charge in [0.15, 0.2) is 0 Å². The van der Waals surface area contributed by atoms with Gasteiger partial charge in [-0.2, -0.15) is 0 Å². The Morgan fingerprint density at radius 3 is 3.05 bits per heavy atom. The van der Waals surface area contributed by atoms with Gasteiger partial charge >= 0.3 is 5.97 Å². The molecular formula is C14H19N3O2. The van der Waals surface area contributed by atoms with Crippen LogP contribution in [0.1, 0.15) is 34.5 Å². The predicted molar refractivity (Wildman–Crippen MR) is 72.7 cm³/mol. The minimum absolute atomic E-state index is 0.301. The number of pyridine rings is 1. The minimum Gasteiger partial charge on any atom is -0.478 e. The fourth-order valence-electron chi connectivity index (χ4n) is 2.99. The molecule has 19 heavy (non-hydrogen) atoms. The lowest BCUT2D eigenvalue weighted by atomic mass is 10.1. The summed E-state index contributed by atoms with van der Waals surface area (Å²) in [5, 5.41) is 12.6. The maximum atomic E-state index is 11.4. The second-order valence-electron chi connectivity index (χ2n) is 5.54. The Bertz CT molecular complexity index is 516. The first-order valence-electron chi connectivity index (χ1n) is 6.84. The number of rotatable bonds is 3. The Balaban J connectivity index is 1.88. The zero-order valence-electron chi connectivity index (χ0n) is 11.1. The molecule has 0 radical (unpaired) electrons. The first-order valence-corrected chi connectivity index (χ1v) is 6.84. The number of likely N-dealkylation sites (N-methyl/N-ethyl adjacent to an activating group) is 1. The molecule has 0 spiro atoms. The summed E-state index contributed by atoms with van der Waals surface area (Å²) >= 11 is 0. The lowest BCUT2D eigenvalue weighted by Gasteiger charge is -2.16. The van der Waals surface area contributed by atoms with Crippen LogP contribution in [0.5, 0.6) is 0 Å². The Hall–Kier alpha value is -1.62. The molecule has 102 valence electrons. The molecule has 5 nitrogen and oxygen atoms in total. The van der Waals surface area contributed by atoms with Gasteiger partial charge in [-0.15, -0.1) is 0 Å². The Kier molecular flexibility index (Phi) is 3.14. The normalized spacial score (nSPS) is 22.5. The van der Waals surface area contributed by atoms with E-state index in [1.165, 1.54) is 0 Å². The van der Waals surface area contributed by atoms with Gasteiger partial charge in [0.25, 0.3) is 0 Å². The number of aromatic nitrogens is 1. The smallest absolute Gasteiger partial charge is 0.339 e. The average molecular weight is 261 g/mol. The van der Waals surface area contributed by atoms with Crippen molar-refractivity contribution in [1.29, 1.82) is 0 Å². The van der Waals surface area contributed by atoms with E-state index in [2.05, 4.69) is 22.2 Å². The van der Waals surface area contributed by atoms with Gasteiger partial charge in [-0.1, -0.05) is 0 Å². The van der Waals surface area contributed by atoms with Crippen molar-refractivity contribution in [3.8, 4) is 0 Å². The highest BCUT2D eigenvalue weighted by Crippen LogP contribution is 2.26. The highest BCUT2D eigenvalue weighted by molar-refractivity contribution is 5.93. The monoisotopic (exact) mass is 261 g/mol. The molecule has 1 aromatic rings. The molecule has 1 fully saturated rings. The molecule has 1 aliphatic heterocycles. The maximum absolute atomic E-state index is 11.4. The molecule has 0 aromatic carbocycles. The van der Waals surface area contributed by atoms with Crippen molar-refractivity contribution in [3.05, 3.63) is 22.9 Å². The van der Waals surface area contributed by atoms with Gasteiger partial charge < -0.3 is 15.3 Å². The van der Waals surface area contributed by atoms with Crippen molar-refractivity contribution in [2.75, 3.05) is 25.5 Å². The second kappa shape index (κ2) is 4.81. The van der Waals surface area contributed by atoms with Crippen LogP contribution in [0, 0.1) is 0 Å². The van der Waals surface area contributed by atoms with E-state index in [9.17, 15) is 9.90 Å². The minimum atomic E-state index is -0.893. The molecule has 1 atom stereocenters. The van der Waals surface area contributed by atoms with Crippen molar-refractivity contribution in [2.24, 2.45) is 0 Å². The molecule has 5 heteroatoms. The summed E-state index contributed by atoms with van der Waals surface area (Å²) in [5.74, 6) is -0.343. The van der Waals surface area contributed by atoms with Gasteiger partial charge in [-0.25, -0.2) is 9.78 Å². The molecule has 2 N–H and O–H groups in total. The molecule has 2 aliphatic rings. The number of hydrogen-bond donors (Lipinski definition) is 2. The van der Waals surface area contributed by atoms with Gasteiger partial charge in [0.1, 0.15) is 11.4 Å². The Morgan fingerprint density at radius 2 is 2.37 bits per heavy atom. The standard InChI is InChI=1S/C14H19N3O2/c1-17-6-5-10(8-17)15-13-11(14(18)19)7-9-3-2-4-12(9)16-13/h7,10H,2-6,8H2,1H3,(H,15,16)(H,18,19). The van der Waals surface area contributed by atoms with E-state index in [-0.39, 0.29) is 0 Å². The molecular weight excluding hydrogens is 242 g/mol. The summed E-state index contributed by atoms with van der Waals surface area (Å²) in [6, 6.07) is 2.11. The highest BCUT2D eigenvalue weighted by atomic mass is 16.4. The second-order valence-corrected chi connectivity index (χ2v) is 5.54. The highest BCUT2D eigenvalue weighted by Gasteiger charge is 2.24. The Labute approximate surface area is 112 Å². The number of nitrogens with zero attached hydrogens (tertiary/aromatic N) is 2. The largest absolute Gasteiger partial charge is 0.478 e. The van der Waals surface area contributed by atoms with E-state index in [4.69, 9.17) is 0 Å². The SMILES string of the molecule is CN1CCC(Nc2nc3c(cc2C(=O)O)CCC3)C1. The fourth-order valence-corrected chi connectivity index (χ4v) is 2.99. The summed E-state index contributed by atoms with van der Waals surface area (Å²) in [7, 11) is 2.08. The first kappa shape index (κ1) is 12.4. The summed E-state index contributed by atoms with van der Waals surface area (Å²) < 4.78 is 0. The van der Waals surface area contributed by atoms with Crippen LogP contribution in [0.4, 0.5) is 5.82 Å². The van der Waals surface area contributed by atoms with Crippen molar-refractivity contribution >= 4 is 11.8 Å². The van der Waals surface area contributed by atoms with E-state index in [0.29, 0.717) is 17.4 Å². The van der Waals surface area contributed by atoms with Crippen LogP contribution >= 0.6 is 0 Å². The van der Waals surface area contributed by atoms with Crippen LogP contribution < -0.4 is 5.32 Å². The lowest BCUT2D eigenvalue weighted by molar-refractivity contribution is 0.0697. The number of nitrogens with one attached hydrogen (secondary N) is 1. The third-order valence-electron chi connectivity index (χ3n) is 4.01. The third-order valence-corrected chi connectivity index (χ3v) is 4.01. The van der Waals surface area contributed by atoms with Gasteiger partial charge in [0.05, 0.1) is 0 Å². The van der Waals surface area contributed by atoms with Gasteiger partial charge in [-0.05, 0) is 50.9 Å². The summed E-state index contributed by atoms with van der Waals surface area (Å²) in [6.45, 7) is 1.99. The number of hydrogen-bond acceptors (Lipinski definition) is 4. The zero-order valence-corrected chi connectivity index (χ0v) is 11.1. The zero-order chi connectivity index (χ0) is 13.4. The van der Waals surface area contributed by atoms with E-state index in [0.717, 1.165) is 50.0 Å². The van der Waals surface area contributed by atoms with E-state index in [1.807, 2.05) is 0 Å². The van der Waals surface area contributed by atoms with E-state index < -0.39 is 5.97 Å².